The number of nitrogens with zero attached hydrogens (tertiary/aromatic N) is 6. The number of nitrogens with one attached hydrogen (secondary N) is 1. The van der Waals surface area contributed by atoms with Gasteiger partial charge in [-0.3, -0.25) is 19.8 Å². The number of aromatic hydroxyl groups is 1. The van der Waals surface area contributed by atoms with Gasteiger partial charge in [-0.2, -0.15) is 15.1 Å². The molecule has 0 saturated carbocycles. The molecule has 0 aliphatic carbocycles. The molecule has 1 amide bonds. The summed E-state index contributed by atoms with van der Waals surface area (Å²) in [5.41, 5.74) is 6.79. The van der Waals surface area contributed by atoms with Crippen LogP contribution in [-0.4, -0.2) is 72.5 Å². The van der Waals surface area contributed by atoms with Gasteiger partial charge in [0.05, 0.1) is 23.2 Å². The zero-order chi connectivity index (χ0) is 32.6. The number of aryl methyl sites for hydroxylation is 1. The van der Waals surface area contributed by atoms with Crippen molar-refractivity contribution in [2.45, 2.75) is 57.4 Å². The number of pyridine rings is 1. The lowest BCUT2D eigenvalue weighted by atomic mass is 9.94. The second-order valence-electron chi connectivity index (χ2n) is 12.6. The van der Waals surface area contributed by atoms with Gasteiger partial charge in [0.25, 0.3) is 5.91 Å². The third kappa shape index (κ3) is 4.64. The summed E-state index contributed by atoms with van der Waals surface area (Å²) in [6, 6.07) is 5.61. The molecule has 2 saturated heterocycles. The largest absolute Gasteiger partial charge is 0.508 e. The monoisotopic (exact) mass is 644 g/mol. The van der Waals surface area contributed by atoms with Crippen LogP contribution in [0.1, 0.15) is 53.5 Å². The maximum Gasteiger partial charge on any atom is 0.319 e. The molecule has 5 aromatic rings. The summed E-state index contributed by atoms with van der Waals surface area (Å²) in [4.78, 5) is 29.6. The minimum absolute atomic E-state index is 0.0993. The Balaban J connectivity index is 1.27. The zero-order valence-corrected chi connectivity index (χ0v) is 25.5. The van der Waals surface area contributed by atoms with E-state index in [1.165, 1.54) is 30.5 Å². The van der Waals surface area contributed by atoms with Crippen LogP contribution in [0.25, 0.3) is 32.9 Å². The number of amides is 1. The highest BCUT2D eigenvalue weighted by Gasteiger charge is 2.49. The van der Waals surface area contributed by atoms with Crippen LogP contribution in [0.4, 0.5) is 19.0 Å². The fraction of sp³-hybridized carbons (Fsp3) is 0.364. The molecule has 6 heterocycles. The Morgan fingerprint density at radius 2 is 2.09 bits per heavy atom. The van der Waals surface area contributed by atoms with Crippen molar-refractivity contribution < 1.29 is 27.8 Å². The molecular formula is C33H31F3N8O3. The lowest BCUT2D eigenvalue weighted by Gasteiger charge is -2.31. The van der Waals surface area contributed by atoms with E-state index >= 15 is 4.39 Å². The average Bonchev–Trinajstić information content (AvgIpc) is 3.80. The highest BCUT2D eigenvalue weighted by molar-refractivity contribution is 6.02. The molecule has 2 fully saturated rings. The Kier molecular flexibility index (Phi) is 6.76. The number of primary amides is 1. The van der Waals surface area contributed by atoms with E-state index in [0.717, 1.165) is 19.4 Å². The van der Waals surface area contributed by atoms with E-state index in [4.69, 9.17) is 10.5 Å². The molecule has 2 aromatic carbocycles. The number of anilines is 1. The Morgan fingerprint density at radius 1 is 1.23 bits per heavy atom. The molecule has 242 valence electrons. The SMILES string of the molecule is CCc1c(F)ccc2cc(O)cc(-c3ncc4c(N5Cc6n[nH]c(C(N)=O)c6C5)nc(OC[C@@]56CCCN5C[C@H](F)C6)nc4c3F)c12. The van der Waals surface area contributed by atoms with Crippen molar-refractivity contribution in [1.82, 2.24) is 30.0 Å². The highest BCUT2D eigenvalue weighted by Crippen LogP contribution is 2.42. The number of hydrogen-bond acceptors (Lipinski definition) is 9. The van der Waals surface area contributed by atoms with Crippen molar-refractivity contribution in [1.29, 1.82) is 0 Å². The summed E-state index contributed by atoms with van der Waals surface area (Å²) in [6.45, 7) is 3.49. The quantitative estimate of drug-likeness (QED) is 0.230. The van der Waals surface area contributed by atoms with Crippen LogP contribution in [-0.2, 0) is 19.5 Å². The van der Waals surface area contributed by atoms with Gasteiger partial charge in [-0.1, -0.05) is 13.0 Å². The van der Waals surface area contributed by atoms with Crippen LogP contribution < -0.4 is 15.4 Å². The van der Waals surface area contributed by atoms with Crippen LogP contribution in [0.3, 0.4) is 0 Å². The number of phenols is 1. The molecule has 4 N–H and O–H groups in total. The van der Waals surface area contributed by atoms with Gasteiger partial charge in [-0.05, 0) is 60.3 Å². The number of H-pyrrole nitrogens is 1. The number of fused-ring (bicyclic) bond motifs is 4. The number of aromatic amines is 1. The number of carbonyl (C=O) groups is 1. The summed E-state index contributed by atoms with van der Waals surface area (Å²) >= 11 is 0. The fourth-order valence-corrected chi connectivity index (χ4v) is 7.68. The molecule has 8 rings (SSSR count). The van der Waals surface area contributed by atoms with Crippen molar-refractivity contribution >= 4 is 33.4 Å². The Bertz CT molecular complexity index is 2110. The number of halogens is 3. The third-order valence-electron chi connectivity index (χ3n) is 9.82. The molecule has 3 aliphatic rings. The third-order valence-corrected chi connectivity index (χ3v) is 9.82. The van der Waals surface area contributed by atoms with E-state index in [1.807, 2.05) is 0 Å². The van der Waals surface area contributed by atoms with Crippen molar-refractivity contribution in [3.05, 3.63) is 64.6 Å². The number of nitrogens with two attached hydrogens (primary N) is 1. The lowest BCUT2D eigenvalue weighted by molar-refractivity contribution is 0.0994. The molecule has 47 heavy (non-hydrogen) atoms. The molecule has 0 bridgehead atoms. The number of aromatic nitrogens is 5. The first-order valence-corrected chi connectivity index (χ1v) is 15.6. The predicted octanol–water partition coefficient (Wildman–Crippen LogP) is 4.69. The molecule has 2 atom stereocenters. The predicted molar refractivity (Wildman–Crippen MR) is 167 cm³/mol. The van der Waals surface area contributed by atoms with Crippen LogP contribution >= 0.6 is 0 Å². The van der Waals surface area contributed by atoms with Crippen LogP contribution in [0, 0.1) is 11.6 Å². The molecular weight excluding hydrogens is 613 g/mol. The lowest BCUT2D eigenvalue weighted by Crippen LogP contribution is -2.43. The van der Waals surface area contributed by atoms with Gasteiger partial charge in [-0.25, -0.2) is 13.2 Å². The first-order chi connectivity index (χ1) is 22.7. The number of benzene rings is 2. The Hall–Kier alpha value is -4.98. The van der Waals surface area contributed by atoms with Gasteiger partial charge in [-0.15, -0.1) is 0 Å². The fourth-order valence-electron chi connectivity index (χ4n) is 7.68. The summed E-state index contributed by atoms with van der Waals surface area (Å²) in [5, 5.41) is 18.7. The summed E-state index contributed by atoms with van der Waals surface area (Å²) < 4.78 is 52.5. The van der Waals surface area contributed by atoms with Crippen LogP contribution in [0.15, 0.2) is 30.5 Å². The molecule has 0 unspecified atom stereocenters. The summed E-state index contributed by atoms with van der Waals surface area (Å²) in [5.74, 6) is -1.74. The van der Waals surface area contributed by atoms with Crippen molar-refractivity contribution in [3.8, 4) is 23.0 Å². The number of hydrogen-bond donors (Lipinski definition) is 3. The van der Waals surface area contributed by atoms with Gasteiger partial charge in [0.15, 0.2) is 5.82 Å². The van der Waals surface area contributed by atoms with Crippen molar-refractivity contribution in [2.75, 3.05) is 24.6 Å². The van der Waals surface area contributed by atoms with Gasteiger partial charge < -0.3 is 20.5 Å². The molecule has 3 aliphatic heterocycles. The second kappa shape index (κ2) is 10.8. The highest BCUT2D eigenvalue weighted by atomic mass is 19.1. The number of alkyl halides is 1. The van der Waals surface area contributed by atoms with E-state index in [2.05, 4.69) is 30.0 Å². The average molecular weight is 645 g/mol. The van der Waals surface area contributed by atoms with Gasteiger partial charge in [0.1, 0.15) is 47.1 Å². The standard InChI is InChI=1S/C33H31F3N8O3/c1-2-19-23(35)5-4-16-8-18(45)9-20(25(16)19)27-26(36)28-21(11-38-27)31(43-13-22-24(14-43)41-42-29(22)30(37)46)40-32(39-28)47-15-33-6-3-7-44(33)12-17(34)10-33/h4-5,8-9,11,17,45H,2-3,6-7,10,12-15H2,1H3,(H2,37,46)(H,41,42)/t17-,33+/m1/s1. The Labute approximate surface area is 266 Å². The topological polar surface area (TPSA) is 146 Å². The van der Waals surface area contributed by atoms with E-state index in [1.54, 1.807) is 11.8 Å². The molecule has 11 nitrogen and oxygen atoms in total. The summed E-state index contributed by atoms with van der Waals surface area (Å²) in [6.07, 6.45) is 2.82. The molecule has 0 spiro atoms. The normalized spacial score (nSPS) is 20.8. The first-order valence-electron chi connectivity index (χ1n) is 15.6. The van der Waals surface area contributed by atoms with Crippen LogP contribution in [0.2, 0.25) is 0 Å². The number of phenolic OH excluding ortho intramolecular Hbond substituents is 1. The van der Waals surface area contributed by atoms with Crippen molar-refractivity contribution in [2.24, 2.45) is 5.73 Å². The molecule has 3 aromatic heterocycles. The maximum atomic E-state index is 16.8. The van der Waals surface area contributed by atoms with Crippen LogP contribution in [0.5, 0.6) is 11.8 Å². The number of ether oxygens (including phenoxy) is 1. The maximum absolute atomic E-state index is 16.8. The van der Waals surface area contributed by atoms with E-state index in [9.17, 15) is 18.7 Å². The van der Waals surface area contributed by atoms with E-state index < -0.39 is 29.3 Å². The molecule has 14 heteroatoms. The van der Waals surface area contributed by atoms with Gasteiger partial charge in [0.2, 0.25) is 0 Å². The minimum Gasteiger partial charge on any atom is -0.508 e. The van der Waals surface area contributed by atoms with E-state index in [0.29, 0.717) is 52.8 Å². The van der Waals surface area contributed by atoms with Crippen molar-refractivity contribution in [3.63, 3.8) is 0 Å². The van der Waals surface area contributed by atoms with Gasteiger partial charge >= 0.3 is 6.01 Å². The smallest absolute Gasteiger partial charge is 0.319 e. The minimum atomic E-state index is -0.959. The van der Waals surface area contributed by atoms with E-state index in [-0.39, 0.29) is 59.3 Å². The Morgan fingerprint density at radius 3 is 2.89 bits per heavy atom. The van der Waals surface area contributed by atoms with Gasteiger partial charge in [0, 0.05) is 36.8 Å². The molecule has 0 radical (unpaired) electrons. The summed E-state index contributed by atoms with van der Waals surface area (Å²) in [7, 11) is 0. The number of rotatable bonds is 7. The first kappa shape index (κ1) is 29.4. The number of carbonyl (C=O) groups excluding carboxylic acids is 1. The zero-order valence-electron chi connectivity index (χ0n) is 25.5. The second-order valence-corrected chi connectivity index (χ2v) is 12.6.